The lowest BCUT2D eigenvalue weighted by Gasteiger charge is -2.38. The van der Waals surface area contributed by atoms with Crippen LogP contribution in [0.15, 0.2) is 175 Å². The van der Waals surface area contributed by atoms with Gasteiger partial charge in [0.1, 0.15) is 11.3 Å². The molecule has 0 fully saturated rings. The number of para-hydroxylation sites is 1. The molecule has 0 saturated heterocycles. The molecule has 1 aliphatic rings. The molecule has 0 spiro atoms. The minimum Gasteiger partial charge on any atom is -0.455 e. The maximum Gasteiger partial charge on any atom is 0.143 e. The van der Waals surface area contributed by atoms with Gasteiger partial charge in [0.2, 0.25) is 0 Å². The van der Waals surface area contributed by atoms with Crippen LogP contribution < -0.4 is 0 Å². The number of aromatic nitrogens is 2. The molecule has 0 radical (unpaired) electrons. The van der Waals surface area contributed by atoms with E-state index in [2.05, 4.69) is 137 Å². The summed E-state index contributed by atoms with van der Waals surface area (Å²) in [6.45, 7) is 0. The molecule has 0 atom stereocenters. The van der Waals surface area contributed by atoms with E-state index in [1.54, 1.807) is 0 Å². The Bertz CT molecular complexity index is 2290. The van der Waals surface area contributed by atoms with Gasteiger partial charge in [-0.15, -0.1) is 0 Å². The normalized spacial score (nSPS) is 13.0. The minimum atomic E-state index is -0.688. The molecule has 3 heteroatoms. The lowest BCUT2D eigenvalue weighted by Crippen LogP contribution is -2.31. The standard InChI is InChI=1S/C43H28N2O/c1-4-20-38-35(17-1)41-37-19-3-6-22-40(37)46-42(41)36-18-2-5-21-39(36)43(38,33-15-7-11-29(25-33)31-13-9-23-44-27-31)34-16-8-12-30(26-34)32-14-10-24-45-28-32/h1-28H. The van der Waals surface area contributed by atoms with Crippen LogP contribution in [0.2, 0.25) is 0 Å². The predicted octanol–water partition coefficient (Wildman–Crippen LogP) is 10.6. The zero-order valence-corrected chi connectivity index (χ0v) is 25.0. The van der Waals surface area contributed by atoms with Gasteiger partial charge in [0, 0.05) is 41.3 Å². The fraction of sp³-hybridized carbons (Fsp3) is 0.0233. The zero-order chi connectivity index (χ0) is 30.5. The highest BCUT2D eigenvalue weighted by molar-refractivity contribution is 6.05. The molecule has 9 rings (SSSR count). The SMILES string of the molecule is c1cncc(-c2cccc(C3(c4cccc(-c5cccnc5)c4)c4ccccc4-c4oc5ccccc5c4-c4ccccc43)c2)c1. The van der Waals surface area contributed by atoms with Crippen LogP contribution in [0.5, 0.6) is 0 Å². The minimum absolute atomic E-state index is 0.688. The second-order valence-corrected chi connectivity index (χ2v) is 11.8. The van der Waals surface area contributed by atoms with Gasteiger partial charge in [-0.05, 0) is 80.4 Å². The third-order valence-electron chi connectivity index (χ3n) is 9.35. The van der Waals surface area contributed by atoms with E-state index in [4.69, 9.17) is 4.42 Å². The molecule has 3 aromatic heterocycles. The number of furan rings is 1. The molecule has 0 N–H and O–H groups in total. The lowest BCUT2D eigenvalue weighted by atomic mass is 9.63. The summed E-state index contributed by atoms with van der Waals surface area (Å²) < 4.78 is 6.79. The quantitative estimate of drug-likeness (QED) is 0.205. The Morgan fingerprint density at radius 2 is 1.00 bits per heavy atom. The molecule has 1 aliphatic carbocycles. The van der Waals surface area contributed by atoms with Crippen molar-refractivity contribution in [3.8, 4) is 44.7 Å². The van der Waals surface area contributed by atoms with Crippen LogP contribution >= 0.6 is 0 Å². The Morgan fingerprint density at radius 3 is 1.63 bits per heavy atom. The van der Waals surface area contributed by atoms with Gasteiger partial charge in [-0.2, -0.15) is 0 Å². The number of hydrogen-bond donors (Lipinski definition) is 0. The van der Waals surface area contributed by atoms with Crippen molar-refractivity contribution in [1.82, 2.24) is 9.97 Å². The first-order chi connectivity index (χ1) is 22.8. The molecule has 0 amide bonds. The maximum atomic E-state index is 6.79. The van der Waals surface area contributed by atoms with E-state index in [1.165, 1.54) is 22.3 Å². The molecule has 0 saturated carbocycles. The first-order valence-electron chi connectivity index (χ1n) is 15.6. The molecule has 216 valence electrons. The van der Waals surface area contributed by atoms with Crippen LogP contribution in [0.4, 0.5) is 0 Å². The third-order valence-corrected chi connectivity index (χ3v) is 9.35. The Morgan fingerprint density at radius 1 is 0.457 bits per heavy atom. The van der Waals surface area contributed by atoms with Gasteiger partial charge in [0.05, 0.1) is 5.41 Å². The summed E-state index contributed by atoms with van der Waals surface area (Å²) in [6.07, 6.45) is 7.51. The predicted molar refractivity (Wildman–Crippen MR) is 185 cm³/mol. The van der Waals surface area contributed by atoms with Crippen molar-refractivity contribution < 1.29 is 4.42 Å². The molecule has 46 heavy (non-hydrogen) atoms. The number of rotatable bonds is 4. The number of pyridine rings is 2. The fourth-order valence-electron chi connectivity index (χ4n) is 7.40. The summed E-state index contributed by atoms with van der Waals surface area (Å²) in [7, 11) is 0. The van der Waals surface area contributed by atoms with E-state index in [0.717, 1.165) is 55.7 Å². The van der Waals surface area contributed by atoms with Crippen LogP contribution in [0.1, 0.15) is 22.3 Å². The van der Waals surface area contributed by atoms with Crippen molar-refractivity contribution >= 4 is 11.0 Å². The number of hydrogen-bond acceptors (Lipinski definition) is 3. The third kappa shape index (κ3) is 3.92. The maximum absolute atomic E-state index is 6.79. The molecule has 3 nitrogen and oxygen atoms in total. The van der Waals surface area contributed by atoms with Crippen LogP contribution in [0, 0.1) is 0 Å². The topological polar surface area (TPSA) is 38.9 Å². The van der Waals surface area contributed by atoms with Gasteiger partial charge in [-0.1, -0.05) is 115 Å². The first-order valence-corrected chi connectivity index (χ1v) is 15.6. The van der Waals surface area contributed by atoms with E-state index in [-0.39, 0.29) is 0 Å². The summed E-state index contributed by atoms with van der Waals surface area (Å²) in [6, 6.07) is 52.2. The van der Waals surface area contributed by atoms with Crippen molar-refractivity contribution in [2.75, 3.05) is 0 Å². The van der Waals surface area contributed by atoms with Gasteiger partial charge in [0.25, 0.3) is 0 Å². The molecule has 8 aromatic rings. The van der Waals surface area contributed by atoms with E-state index in [1.807, 2.05) is 43.0 Å². The highest BCUT2D eigenvalue weighted by atomic mass is 16.3. The van der Waals surface area contributed by atoms with Gasteiger partial charge in [-0.3, -0.25) is 9.97 Å². The smallest absolute Gasteiger partial charge is 0.143 e. The van der Waals surface area contributed by atoms with Gasteiger partial charge >= 0.3 is 0 Å². The van der Waals surface area contributed by atoms with Gasteiger partial charge in [-0.25, -0.2) is 0 Å². The van der Waals surface area contributed by atoms with E-state index in [0.29, 0.717) is 0 Å². The summed E-state index contributed by atoms with van der Waals surface area (Å²) in [5.41, 5.74) is 12.7. The summed E-state index contributed by atoms with van der Waals surface area (Å²) in [5.74, 6) is 0.901. The highest BCUT2D eigenvalue weighted by Crippen LogP contribution is 2.57. The zero-order valence-electron chi connectivity index (χ0n) is 25.0. The molecule has 5 aromatic carbocycles. The Hall–Kier alpha value is -6.06. The average Bonchev–Trinajstić information content (AvgIpc) is 3.48. The molecular formula is C43H28N2O. The van der Waals surface area contributed by atoms with Crippen LogP contribution in [-0.4, -0.2) is 9.97 Å². The van der Waals surface area contributed by atoms with Gasteiger partial charge in [0.15, 0.2) is 0 Å². The Labute approximate surface area is 267 Å². The van der Waals surface area contributed by atoms with Crippen molar-refractivity contribution in [1.29, 1.82) is 0 Å². The molecule has 0 bridgehead atoms. The van der Waals surface area contributed by atoms with Crippen molar-refractivity contribution in [3.63, 3.8) is 0 Å². The number of fused-ring (bicyclic) bond motifs is 7. The van der Waals surface area contributed by atoms with E-state index >= 15 is 0 Å². The first kappa shape index (κ1) is 26.4. The van der Waals surface area contributed by atoms with Gasteiger partial charge < -0.3 is 4.42 Å². The second kappa shape index (κ2) is 10.5. The summed E-state index contributed by atoms with van der Waals surface area (Å²) in [4.78, 5) is 8.88. The summed E-state index contributed by atoms with van der Waals surface area (Å²) >= 11 is 0. The average molecular weight is 589 g/mol. The van der Waals surface area contributed by atoms with Crippen molar-refractivity contribution in [3.05, 3.63) is 193 Å². The van der Waals surface area contributed by atoms with E-state index < -0.39 is 5.41 Å². The molecule has 3 heterocycles. The van der Waals surface area contributed by atoms with Crippen LogP contribution in [0.3, 0.4) is 0 Å². The molecule has 0 unspecified atom stereocenters. The Balaban J connectivity index is 1.45. The van der Waals surface area contributed by atoms with Crippen molar-refractivity contribution in [2.24, 2.45) is 0 Å². The highest BCUT2D eigenvalue weighted by Gasteiger charge is 2.45. The lowest BCUT2D eigenvalue weighted by molar-refractivity contribution is 0.630. The van der Waals surface area contributed by atoms with Crippen LogP contribution in [0.25, 0.3) is 55.7 Å². The fourth-order valence-corrected chi connectivity index (χ4v) is 7.40. The summed E-state index contributed by atoms with van der Waals surface area (Å²) in [5, 5.41) is 1.11. The largest absolute Gasteiger partial charge is 0.455 e. The molecule has 0 aliphatic heterocycles. The Kier molecular flexibility index (Phi) is 6.04. The monoisotopic (exact) mass is 588 g/mol. The number of nitrogens with zero attached hydrogens (tertiary/aromatic N) is 2. The van der Waals surface area contributed by atoms with Crippen molar-refractivity contribution in [2.45, 2.75) is 5.41 Å². The number of benzene rings is 5. The molecular weight excluding hydrogens is 560 g/mol. The van der Waals surface area contributed by atoms with E-state index in [9.17, 15) is 0 Å². The van der Waals surface area contributed by atoms with Crippen LogP contribution in [-0.2, 0) is 5.41 Å². The second-order valence-electron chi connectivity index (χ2n) is 11.8.